The molecule has 0 aromatic heterocycles. The molecule has 13 nitrogen and oxygen atoms in total. The van der Waals surface area contributed by atoms with Gasteiger partial charge in [0.2, 0.25) is 29.5 Å². The van der Waals surface area contributed by atoms with Crippen LogP contribution in [0.4, 0.5) is 0 Å². The third-order valence-electron chi connectivity index (χ3n) is 7.96. The van der Waals surface area contributed by atoms with Crippen molar-refractivity contribution in [1.82, 2.24) is 31.9 Å². The van der Waals surface area contributed by atoms with E-state index in [0.29, 0.717) is 25.7 Å². The third-order valence-corrected chi connectivity index (χ3v) is 7.96. The molecule has 262 valence electrons. The lowest BCUT2D eigenvalue weighted by molar-refractivity contribution is -0.135. The van der Waals surface area contributed by atoms with Crippen LogP contribution >= 0.6 is 0 Å². The number of hydrogen-bond donors (Lipinski definition) is 7. The van der Waals surface area contributed by atoms with E-state index < -0.39 is 66.5 Å². The van der Waals surface area contributed by atoms with Crippen molar-refractivity contribution in [2.45, 2.75) is 110 Å². The van der Waals surface area contributed by atoms with Crippen LogP contribution in [-0.4, -0.2) is 90.3 Å². The van der Waals surface area contributed by atoms with Crippen molar-refractivity contribution in [1.29, 1.82) is 0 Å². The van der Waals surface area contributed by atoms with Crippen molar-refractivity contribution >= 4 is 35.8 Å². The molecule has 47 heavy (non-hydrogen) atoms. The number of aldehydes is 1. The highest BCUT2D eigenvalue weighted by Crippen LogP contribution is 2.11. The highest BCUT2D eigenvalue weighted by molar-refractivity contribution is 5.96. The minimum Gasteiger partial charge on any atom is -0.394 e. The molecule has 13 heteroatoms. The molecule has 5 amide bonds. The molecule has 1 aromatic carbocycles. The van der Waals surface area contributed by atoms with E-state index in [1.54, 1.807) is 38.1 Å². The Kier molecular flexibility index (Phi) is 16.5. The van der Waals surface area contributed by atoms with Crippen LogP contribution in [0.25, 0.3) is 0 Å². The summed E-state index contributed by atoms with van der Waals surface area (Å²) in [5.41, 5.74) is 0.725. The first kappa shape index (κ1) is 39.3. The number of aliphatic hydroxyl groups excluding tert-OH is 1. The maximum atomic E-state index is 13.7. The van der Waals surface area contributed by atoms with E-state index in [1.807, 2.05) is 33.8 Å². The molecule has 0 aliphatic carbocycles. The fourth-order valence-corrected chi connectivity index (χ4v) is 5.28. The largest absolute Gasteiger partial charge is 0.394 e. The van der Waals surface area contributed by atoms with Gasteiger partial charge in [-0.25, -0.2) is 0 Å². The zero-order chi connectivity index (χ0) is 35.1. The van der Waals surface area contributed by atoms with Gasteiger partial charge in [0.05, 0.1) is 18.7 Å². The summed E-state index contributed by atoms with van der Waals surface area (Å²) in [4.78, 5) is 78.0. The average Bonchev–Trinajstić information content (AvgIpc) is 3.56. The number of aliphatic hydroxyl groups is 1. The number of rotatable bonds is 19. The van der Waals surface area contributed by atoms with E-state index in [2.05, 4.69) is 31.9 Å². The molecule has 2 rings (SSSR count). The lowest BCUT2D eigenvalue weighted by Gasteiger charge is -2.27. The first-order valence-corrected chi connectivity index (χ1v) is 16.6. The summed E-state index contributed by atoms with van der Waals surface area (Å²) in [6.45, 7) is 11.1. The number of hydrogen-bond acceptors (Lipinski definition) is 8. The van der Waals surface area contributed by atoms with Crippen LogP contribution in [0.3, 0.4) is 0 Å². The van der Waals surface area contributed by atoms with Gasteiger partial charge in [-0.05, 0) is 55.5 Å². The zero-order valence-corrected chi connectivity index (χ0v) is 28.5. The number of amides is 5. The normalized spacial score (nSPS) is 17.7. The molecule has 0 radical (unpaired) electrons. The molecular weight excluding hydrogens is 604 g/mol. The Labute approximate surface area is 278 Å². The van der Waals surface area contributed by atoms with Crippen molar-refractivity contribution in [3.8, 4) is 0 Å². The van der Waals surface area contributed by atoms with Crippen molar-refractivity contribution in [3.05, 3.63) is 35.9 Å². The van der Waals surface area contributed by atoms with E-state index in [4.69, 9.17) is 0 Å². The third kappa shape index (κ3) is 13.4. The van der Waals surface area contributed by atoms with Crippen molar-refractivity contribution < 1.29 is 33.9 Å². The van der Waals surface area contributed by atoms with Gasteiger partial charge < -0.3 is 41.8 Å². The summed E-state index contributed by atoms with van der Waals surface area (Å²) in [6, 6.07) is 3.30. The van der Waals surface area contributed by atoms with E-state index in [1.165, 1.54) is 0 Å². The smallest absolute Gasteiger partial charge is 0.245 e. The minimum atomic E-state index is -1.42. The molecule has 0 spiro atoms. The van der Waals surface area contributed by atoms with Crippen molar-refractivity contribution in [2.24, 2.45) is 17.8 Å². The van der Waals surface area contributed by atoms with Crippen LogP contribution in [0.5, 0.6) is 0 Å². The topological polar surface area (TPSA) is 195 Å². The lowest BCUT2D eigenvalue weighted by Crippen LogP contribution is -2.60. The minimum absolute atomic E-state index is 0.0136. The second-order valence-electron chi connectivity index (χ2n) is 13.4. The summed E-state index contributed by atoms with van der Waals surface area (Å²) < 4.78 is 0. The Hall–Kier alpha value is -3.84. The molecule has 1 saturated heterocycles. The van der Waals surface area contributed by atoms with Gasteiger partial charge >= 0.3 is 0 Å². The molecule has 6 atom stereocenters. The Balaban J connectivity index is 2.24. The van der Waals surface area contributed by atoms with Crippen LogP contribution in [0.15, 0.2) is 30.3 Å². The summed E-state index contributed by atoms with van der Waals surface area (Å²) in [5.74, 6) is -3.01. The van der Waals surface area contributed by atoms with Gasteiger partial charge in [0, 0.05) is 6.42 Å². The summed E-state index contributed by atoms with van der Waals surface area (Å²) in [7, 11) is 0. The van der Waals surface area contributed by atoms with E-state index >= 15 is 0 Å². The fourth-order valence-electron chi connectivity index (χ4n) is 5.28. The van der Waals surface area contributed by atoms with Gasteiger partial charge in [0.15, 0.2) is 0 Å². The molecule has 1 heterocycles. The molecule has 1 aromatic rings. The Bertz CT molecular complexity index is 1190. The van der Waals surface area contributed by atoms with Crippen LogP contribution in [0.1, 0.15) is 72.8 Å². The lowest BCUT2D eigenvalue weighted by atomic mass is 9.99. The average molecular weight is 659 g/mol. The maximum Gasteiger partial charge on any atom is 0.245 e. The predicted molar refractivity (Wildman–Crippen MR) is 178 cm³/mol. The molecule has 7 N–H and O–H groups in total. The van der Waals surface area contributed by atoms with Crippen LogP contribution < -0.4 is 31.9 Å². The first-order valence-electron chi connectivity index (χ1n) is 16.6. The fraction of sp³-hybridized carbons (Fsp3) is 0.647. The quantitative estimate of drug-likeness (QED) is 0.103. The molecule has 0 unspecified atom stereocenters. The Morgan fingerprint density at radius 2 is 1.28 bits per heavy atom. The molecule has 1 fully saturated rings. The maximum absolute atomic E-state index is 13.7. The summed E-state index contributed by atoms with van der Waals surface area (Å²) in [6.07, 6.45) is 2.81. The second-order valence-corrected chi connectivity index (χ2v) is 13.4. The van der Waals surface area contributed by atoms with E-state index in [0.717, 1.165) is 12.0 Å². The number of carbonyl (C=O) groups is 6. The first-order chi connectivity index (χ1) is 22.2. The van der Waals surface area contributed by atoms with Gasteiger partial charge in [-0.15, -0.1) is 0 Å². The Morgan fingerprint density at radius 3 is 1.79 bits per heavy atom. The molecule has 0 saturated carbocycles. The zero-order valence-electron chi connectivity index (χ0n) is 28.5. The van der Waals surface area contributed by atoms with Crippen LogP contribution in [-0.2, 0) is 35.2 Å². The van der Waals surface area contributed by atoms with Crippen molar-refractivity contribution in [2.75, 3.05) is 13.2 Å². The molecular formula is C34H54N6O7. The monoisotopic (exact) mass is 658 g/mol. The number of nitrogens with one attached hydrogen (secondary N) is 6. The number of carbonyl (C=O) groups excluding carboxylic acids is 6. The van der Waals surface area contributed by atoms with Crippen molar-refractivity contribution in [3.63, 3.8) is 0 Å². The SMILES string of the molecule is CC(C)C[C@H](NC(=O)[C@@H]1CCCN1)C(=O)N[C@@H](CO)C(=O)N[C@@H](Cc1ccccc1)C(=O)N[C@@H](CC(C)C)C(=O)N[C@H](C=O)C(C)C. The van der Waals surface area contributed by atoms with Crippen LogP contribution in [0, 0.1) is 17.8 Å². The summed E-state index contributed by atoms with van der Waals surface area (Å²) in [5, 5.41) is 26.6. The molecule has 0 bridgehead atoms. The number of benzene rings is 1. The van der Waals surface area contributed by atoms with Crippen LogP contribution in [0.2, 0.25) is 0 Å². The van der Waals surface area contributed by atoms with Gasteiger partial charge in [0.1, 0.15) is 30.5 Å². The highest BCUT2D eigenvalue weighted by atomic mass is 16.3. The van der Waals surface area contributed by atoms with Gasteiger partial charge in [-0.1, -0.05) is 71.9 Å². The van der Waals surface area contributed by atoms with Gasteiger partial charge in [-0.2, -0.15) is 0 Å². The highest BCUT2D eigenvalue weighted by Gasteiger charge is 2.33. The van der Waals surface area contributed by atoms with Gasteiger partial charge in [0.25, 0.3) is 0 Å². The summed E-state index contributed by atoms with van der Waals surface area (Å²) >= 11 is 0. The van der Waals surface area contributed by atoms with E-state index in [-0.39, 0.29) is 36.5 Å². The standard InChI is InChI=1S/C34H54N6O7/c1-20(2)15-25(31(44)39-28(18-41)22(5)6)37-33(46)27(17-23-11-8-7-9-12-23)38-34(47)29(19-42)40-32(45)26(16-21(3)4)36-30(43)24-13-10-14-35-24/h7-9,11-12,18,20-22,24-29,35,42H,10,13-17,19H2,1-6H3,(H,36,43)(H,37,46)(H,38,47)(H,39,44)(H,40,45)/t24-,25-,26-,27-,28+,29-/m0/s1. The van der Waals surface area contributed by atoms with Gasteiger partial charge in [-0.3, -0.25) is 24.0 Å². The predicted octanol–water partition coefficient (Wildman–Crippen LogP) is 0.345. The molecule has 1 aliphatic heterocycles. The second kappa shape index (κ2) is 19.7. The molecule has 1 aliphatic rings. The van der Waals surface area contributed by atoms with E-state index in [9.17, 15) is 33.9 Å². The Morgan fingerprint density at radius 1 is 0.766 bits per heavy atom.